The molecule has 3 nitrogen and oxygen atoms in total. The SMILES string of the molecule is C=CC[N+]1(C(=O)c2ccccc2F)CC2(CCNCC2)c2ccccc21. The largest absolute Gasteiger partial charge is 0.354 e. The number of rotatable bonds is 3. The van der Waals surface area contributed by atoms with Gasteiger partial charge >= 0.3 is 5.91 Å². The normalized spacial score (nSPS) is 23.6. The van der Waals surface area contributed by atoms with E-state index >= 15 is 0 Å². The topological polar surface area (TPSA) is 29.1 Å². The number of carbonyl (C=O) groups excluding carboxylic acids is 1. The van der Waals surface area contributed by atoms with Crippen LogP contribution >= 0.6 is 0 Å². The quantitative estimate of drug-likeness (QED) is 0.673. The van der Waals surface area contributed by atoms with Crippen LogP contribution < -0.4 is 9.80 Å². The third-order valence-corrected chi connectivity index (χ3v) is 6.00. The maximum atomic E-state index is 14.4. The lowest BCUT2D eigenvalue weighted by molar-refractivity contribution is 0.0754. The van der Waals surface area contributed by atoms with Crippen molar-refractivity contribution >= 4 is 11.6 Å². The van der Waals surface area contributed by atoms with Crippen LogP contribution in [0.25, 0.3) is 0 Å². The van der Waals surface area contributed by atoms with Crippen LogP contribution in [0.3, 0.4) is 0 Å². The summed E-state index contributed by atoms with van der Waals surface area (Å²) in [5, 5.41) is 3.42. The van der Waals surface area contributed by atoms with Gasteiger partial charge in [0.1, 0.15) is 30.2 Å². The molecule has 1 fully saturated rings. The number of quaternary nitrogens is 1. The van der Waals surface area contributed by atoms with Gasteiger partial charge in [0.25, 0.3) is 0 Å². The van der Waals surface area contributed by atoms with Gasteiger partial charge in [-0.3, -0.25) is 0 Å². The summed E-state index contributed by atoms with van der Waals surface area (Å²) in [6, 6.07) is 14.5. The lowest BCUT2D eigenvalue weighted by atomic mass is 9.75. The van der Waals surface area contributed by atoms with Crippen molar-refractivity contribution in [1.82, 2.24) is 9.80 Å². The average molecular weight is 351 g/mol. The first-order valence-electron chi connectivity index (χ1n) is 9.21. The first-order valence-corrected chi connectivity index (χ1v) is 9.21. The predicted octanol–water partition coefficient (Wildman–Crippen LogP) is 3.79. The van der Waals surface area contributed by atoms with E-state index in [0.29, 0.717) is 13.1 Å². The van der Waals surface area contributed by atoms with Crippen LogP contribution in [-0.2, 0) is 5.41 Å². The molecule has 4 heteroatoms. The molecule has 1 spiro atoms. The van der Waals surface area contributed by atoms with Crippen LogP contribution in [0.15, 0.2) is 61.2 Å². The second-order valence-electron chi connectivity index (χ2n) is 7.43. The summed E-state index contributed by atoms with van der Waals surface area (Å²) >= 11 is 0. The molecule has 2 aliphatic heterocycles. The van der Waals surface area contributed by atoms with E-state index in [1.54, 1.807) is 24.3 Å². The Morgan fingerprint density at radius 1 is 1.15 bits per heavy atom. The van der Waals surface area contributed by atoms with Crippen molar-refractivity contribution in [3.05, 3.63) is 78.1 Å². The number of nitrogens with one attached hydrogen (secondary N) is 1. The van der Waals surface area contributed by atoms with Crippen LogP contribution in [0.5, 0.6) is 0 Å². The highest BCUT2D eigenvalue weighted by Gasteiger charge is 2.57. The number of hydrogen-bond donors (Lipinski definition) is 1. The second-order valence-corrected chi connectivity index (χ2v) is 7.43. The van der Waals surface area contributed by atoms with Crippen LogP contribution in [0.4, 0.5) is 10.1 Å². The highest BCUT2D eigenvalue weighted by Crippen LogP contribution is 2.50. The van der Waals surface area contributed by atoms with Gasteiger partial charge in [-0.15, -0.1) is 0 Å². The van der Waals surface area contributed by atoms with Gasteiger partial charge in [0.15, 0.2) is 0 Å². The molecule has 1 atom stereocenters. The highest BCUT2D eigenvalue weighted by molar-refractivity contribution is 6.04. The Bertz CT molecular complexity index is 857. The number of benzene rings is 2. The maximum Gasteiger partial charge on any atom is 0.354 e. The lowest BCUT2D eigenvalue weighted by Gasteiger charge is -2.36. The van der Waals surface area contributed by atoms with Crippen molar-refractivity contribution in [3.63, 3.8) is 0 Å². The van der Waals surface area contributed by atoms with Crippen molar-refractivity contribution in [2.45, 2.75) is 18.3 Å². The number of fused-ring (bicyclic) bond motifs is 2. The summed E-state index contributed by atoms with van der Waals surface area (Å²) in [7, 11) is 0. The molecule has 0 aliphatic carbocycles. The van der Waals surface area contributed by atoms with Crippen molar-refractivity contribution in [2.75, 3.05) is 26.2 Å². The molecule has 1 unspecified atom stereocenters. The average Bonchev–Trinajstić information content (AvgIpc) is 2.93. The summed E-state index contributed by atoms with van der Waals surface area (Å²) in [5.74, 6) is -0.631. The first-order chi connectivity index (χ1) is 12.6. The zero-order valence-corrected chi connectivity index (χ0v) is 14.9. The summed E-state index contributed by atoms with van der Waals surface area (Å²) in [6.07, 6.45) is 3.77. The third kappa shape index (κ3) is 2.44. The summed E-state index contributed by atoms with van der Waals surface area (Å²) < 4.78 is 14.6. The van der Waals surface area contributed by atoms with E-state index in [4.69, 9.17) is 0 Å². The lowest BCUT2D eigenvalue weighted by Crippen LogP contribution is -2.57. The van der Waals surface area contributed by atoms with E-state index in [1.807, 2.05) is 18.2 Å². The number of nitrogens with zero attached hydrogens (tertiary/aromatic N) is 1. The molecule has 0 saturated carbocycles. The van der Waals surface area contributed by atoms with Crippen molar-refractivity contribution in [3.8, 4) is 0 Å². The van der Waals surface area contributed by atoms with E-state index < -0.39 is 5.82 Å². The van der Waals surface area contributed by atoms with Crippen LogP contribution in [-0.4, -0.2) is 32.1 Å². The monoisotopic (exact) mass is 351 g/mol. The summed E-state index contributed by atoms with van der Waals surface area (Å²) in [4.78, 5) is 13.6. The van der Waals surface area contributed by atoms with Crippen molar-refractivity contribution < 1.29 is 9.18 Å². The Kier molecular flexibility index (Phi) is 4.25. The molecule has 0 bridgehead atoms. The van der Waals surface area contributed by atoms with Crippen molar-refractivity contribution in [2.24, 2.45) is 0 Å². The Labute approximate surface area is 153 Å². The Balaban J connectivity index is 1.90. The van der Waals surface area contributed by atoms with E-state index in [2.05, 4.69) is 18.0 Å². The van der Waals surface area contributed by atoms with E-state index in [0.717, 1.165) is 31.6 Å². The second kappa shape index (κ2) is 6.45. The van der Waals surface area contributed by atoms with E-state index in [-0.39, 0.29) is 21.4 Å². The Morgan fingerprint density at radius 2 is 1.85 bits per heavy atom. The van der Waals surface area contributed by atoms with E-state index in [1.165, 1.54) is 11.6 Å². The molecule has 134 valence electrons. The van der Waals surface area contributed by atoms with Gasteiger partial charge in [-0.2, -0.15) is 0 Å². The minimum absolute atomic E-state index is 0.0359. The zero-order chi connectivity index (χ0) is 18.2. The molecule has 2 heterocycles. The molecule has 1 saturated heterocycles. The molecule has 2 aliphatic rings. The standard InChI is InChI=1S/C22H24FN2O/c1-2-15-25(21(26)17-7-3-5-9-19(17)23)16-22(11-13-24-14-12-22)18-8-4-6-10-20(18)25/h2-10,24H,1,11-16H2/q+1. The van der Waals surface area contributed by atoms with Crippen LogP contribution in [0.1, 0.15) is 28.8 Å². The van der Waals surface area contributed by atoms with Gasteiger partial charge in [-0.25, -0.2) is 13.7 Å². The molecule has 1 amide bonds. The number of para-hydroxylation sites is 1. The first kappa shape index (κ1) is 17.1. The smallest absolute Gasteiger partial charge is 0.317 e. The van der Waals surface area contributed by atoms with Gasteiger partial charge in [-0.05, 0) is 50.2 Å². The molecule has 26 heavy (non-hydrogen) atoms. The minimum atomic E-state index is -0.456. The maximum absolute atomic E-state index is 14.4. The van der Waals surface area contributed by atoms with Gasteiger partial charge in [0, 0.05) is 5.56 Å². The Hall–Kier alpha value is -2.30. The molecule has 0 radical (unpaired) electrons. The molecular weight excluding hydrogens is 327 g/mol. The molecule has 4 rings (SSSR count). The number of hydrogen-bond acceptors (Lipinski definition) is 2. The molecule has 1 N–H and O–H groups in total. The summed E-state index contributed by atoms with van der Waals surface area (Å²) in [5.41, 5.74) is 2.37. The van der Waals surface area contributed by atoms with Crippen LogP contribution in [0, 0.1) is 5.82 Å². The Morgan fingerprint density at radius 3 is 2.58 bits per heavy atom. The van der Waals surface area contributed by atoms with Gasteiger partial charge in [0.05, 0.1) is 5.41 Å². The number of carbonyl (C=O) groups is 1. The number of piperidine rings is 1. The number of amides is 1. The number of halogens is 1. The molecule has 2 aromatic carbocycles. The fourth-order valence-corrected chi connectivity index (χ4v) is 4.83. The zero-order valence-electron chi connectivity index (χ0n) is 14.9. The minimum Gasteiger partial charge on any atom is -0.317 e. The fourth-order valence-electron chi connectivity index (χ4n) is 4.83. The third-order valence-electron chi connectivity index (χ3n) is 6.00. The predicted molar refractivity (Wildman–Crippen MR) is 103 cm³/mol. The molecule has 2 aromatic rings. The van der Waals surface area contributed by atoms with Gasteiger partial charge in [0.2, 0.25) is 0 Å². The molecular formula is C22H24FN2O+. The van der Waals surface area contributed by atoms with Crippen LogP contribution in [0.2, 0.25) is 0 Å². The summed E-state index contributed by atoms with van der Waals surface area (Å²) in [6.45, 7) is 6.93. The van der Waals surface area contributed by atoms with E-state index in [9.17, 15) is 9.18 Å². The van der Waals surface area contributed by atoms with Crippen molar-refractivity contribution in [1.29, 1.82) is 0 Å². The van der Waals surface area contributed by atoms with Gasteiger partial charge < -0.3 is 5.32 Å². The fraction of sp³-hybridized carbons (Fsp3) is 0.318. The molecule has 0 aromatic heterocycles. The van der Waals surface area contributed by atoms with Gasteiger partial charge in [-0.1, -0.05) is 36.9 Å². The highest BCUT2D eigenvalue weighted by atomic mass is 19.1.